The molecule has 1 unspecified atom stereocenters. The zero-order valence-electron chi connectivity index (χ0n) is 14.3. The number of rotatable bonds is 9. The van der Waals surface area contributed by atoms with Gasteiger partial charge in [-0.1, -0.05) is 27.7 Å². The Morgan fingerprint density at radius 2 is 1.90 bits per heavy atom. The van der Waals surface area contributed by atoms with E-state index in [4.69, 9.17) is 5.10 Å². The lowest BCUT2D eigenvalue weighted by molar-refractivity contribution is 0.477. The van der Waals surface area contributed by atoms with Crippen molar-refractivity contribution >= 4 is 0 Å². The first-order valence-electron chi connectivity index (χ1n) is 8.19. The summed E-state index contributed by atoms with van der Waals surface area (Å²) >= 11 is 0. The van der Waals surface area contributed by atoms with Gasteiger partial charge in [0.05, 0.1) is 5.69 Å². The van der Waals surface area contributed by atoms with Crippen LogP contribution in [0.25, 0.3) is 0 Å². The number of nitrogens with one attached hydrogen (secondary N) is 1. The van der Waals surface area contributed by atoms with E-state index in [1.807, 2.05) is 0 Å². The Kier molecular flexibility index (Phi) is 7.28. The molecule has 0 saturated carbocycles. The Labute approximate surface area is 125 Å². The summed E-state index contributed by atoms with van der Waals surface area (Å²) in [6, 6.07) is 0. The van der Waals surface area contributed by atoms with E-state index in [1.165, 1.54) is 29.8 Å². The Hall–Kier alpha value is -0.830. The van der Waals surface area contributed by atoms with Crippen LogP contribution < -0.4 is 5.32 Å². The summed E-state index contributed by atoms with van der Waals surface area (Å²) in [5, 5.41) is 8.24. The van der Waals surface area contributed by atoms with Gasteiger partial charge in [-0.15, -0.1) is 0 Å². The van der Waals surface area contributed by atoms with E-state index in [-0.39, 0.29) is 0 Å². The van der Waals surface area contributed by atoms with Crippen LogP contribution in [0.2, 0.25) is 0 Å². The normalized spacial score (nSPS) is 13.2. The molecule has 1 rings (SSSR count). The molecule has 0 aliphatic heterocycles. The molecular weight excluding hydrogens is 246 g/mol. The van der Waals surface area contributed by atoms with E-state index < -0.39 is 0 Å². The number of nitrogens with zero attached hydrogens (tertiary/aromatic N) is 2. The predicted molar refractivity (Wildman–Crippen MR) is 87.2 cm³/mol. The minimum absolute atomic E-state index is 0.668. The highest BCUT2D eigenvalue weighted by Crippen LogP contribution is 2.18. The molecule has 1 N–H and O–H groups in total. The van der Waals surface area contributed by atoms with Crippen LogP contribution in [0.4, 0.5) is 0 Å². The topological polar surface area (TPSA) is 29.9 Å². The van der Waals surface area contributed by atoms with Gasteiger partial charge in [-0.25, -0.2) is 0 Å². The largest absolute Gasteiger partial charge is 0.316 e. The number of hydrogen-bond donors (Lipinski definition) is 1. The summed E-state index contributed by atoms with van der Waals surface area (Å²) in [5.41, 5.74) is 4.04. The van der Waals surface area contributed by atoms with E-state index in [2.05, 4.69) is 51.5 Å². The molecule has 20 heavy (non-hydrogen) atoms. The summed E-state index contributed by atoms with van der Waals surface area (Å²) in [4.78, 5) is 0. The molecule has 116 valence electrons. The van der Waals surface area contributed by atoms with E-state index in [1.54, 1.807) is 0 Å². The highest BCUT2D eigenvalue weighted by atomic mass is 15.3. The van der Waals surface area contributed by atoms with Gasteiger partial charge < -0.3 is 5.32 Å². The minimum atomic E-state index is 0.668. The molecule has 0 fully saturated rings. The second kappa shape index (κ2) is 8.46. The van der Waals surface area contributed by atoms with Gasteiger partial charge in [0.25, 0.3) is 0 Å². The monoisotopic (exact) mass is 279 g/mol. The first-order valence-corrected chi connectivity index (χ1v) is 8.19. The van der Waals surface area contributed by atoms with Crippen LogP contribution >= 0.6 is 0 Å². The van der Waals surface area contributed by atoms with Crippen molar-refractivity contribution in [1.29, 1.82) is 0 Å². The Morgan fingerprint density at radius 1 is 1.20 bits per heavy atom. The predicted octanol–water partition coefficient (Wildman–Crippen LogP) is 3.72. The summed E-state index contributed by atoms with van der Waals surface area (Å²) in [6.45, 7) is 16.7. The van der Waals surface area contributed by atoms with Crippen LogP contribution in [0.1, 0.15) is 57.5 Å². The molecule has 1 aromatic rings. The molecule has 0 aliphatic rings. The van der Waals surface area contributed by atoms with Crippen LogP contribution in [0, 0.1) is 25.7 Å². The summed E-state index contributed by atoms with van der Waals surface area (Å²) < 4.78 is 2.21. The Morgan fingerprint density at radius 3 is 2.50 bits per heavy atom. The van der Waals surface area contributed by atoms with Gasteiger partial charge in [0.2, 0.25) is 0 Å². The highest BCUT2D eigenvalue weighted by Gasteiger charge is 2.14. The first kappa shape index (κ1) is 17.2. The molecule has 0 aliphatic carbocycles. The van der Waals surface area contributed by atoms with Crippen molar-refractivity contribution < 1.29 is 0 Å². The maximum atomic E-state index is 4.73. The molecule has 0 amide bonds. The van der Waals surface area contributed by atoms with Crippen LogP contribution in [0.5, 0.6) is 0 Å². The average Bonchev–Trinajstić information content (AvgIpc) is 2.64. The zero-order chi connectivity index (χ0) is 15.1. The maximum Gasteiger partial charge on any atom is 0.0628 e. The minimum Gasteiger partial charge on any atom is -0.316 e. The van der Waals surface area contributed by atoms with Crippen molar-refractivity contribution in [2.45, 2.75) is 67.3 Å². The third-order valence-corrected chi connectivity index (χ3v) is 3.92. The molecule has 0 aromatic carbocycles. The lowest BCUT2D eigenvalue weighted by atomic mass is 9.99. The third-order valence-electron chi connectivity index (χ3n) is 3.92. The van der Waals surface area contributed by atoms with Gasteiger partial charge in [0.1, 0.15) is 0 Å². The second-order valence-corrected chi connectivity index (χ2v) is 6.57. The van der Waals surface area contributed by atoms with E-state index in [0.29, 0.717) is 5.92 Å². The van der Waals surface area contributed by atoms with Gasteiger partial charge in [-0.3, -0.25) is 4.68 Å². The molecule has 3 heteroatoms. The number of aryl methyl sites for hydroxylation is 2. The molecule has 1 aromatic heterocycles. The fourth-order valence-electron chi connectivity index (χ4n) is 2.57. The number of aromatic nitrogens is 2. The standard InChI is InChI=1S/C17H33N3/c1-7-9-18-12-14(4)11-17-15(5)19-20(16(17)6)10-8-13(2)3/h13-14,18H,7-12H2,1-6H3. The van der Waals surface area contributed by atoms with Crippen LogP contribution in [0.3, 0.4) is 0 Å². The molecule has 0 saturated heterocycles. The molecule has 3 nitrogen and oxygen atoms in total. The SMILES string of the molecule is CCCNCC(C)Cc1c(C)nn(CCC(C)C)c1C. The van der Waals surface area contributed by atoms with Crippen molar-refractivity contribution in [2.75, 3.05) is 13.1 Å². The van der Waals surface area contributed by atoms with E-state index in [9.17, 15) is 0 Å². The van der Waals surface area contributed by atoms with E-state index in [0.717, 1.165) is 32.0 Å². The smallest absolute Gasteiger partial charge is 0.0628 e. The lowest BCUT2D eigenvalue weighted by Crippen LogP contribution is -2.23. The van der Waals surface area contributed by atoms with Gasteiger partial charge in [-0.2, -0.15) is 5.10 Å². The van der Waals surface area contributed by atoms with Crippen molar-refractivity contribution in [3.05, 3.63) is 17.0 Å². The Bertz CT molecular complexity index is 393. The van der Waals surface area contributed by atoms with Crippen LogP contribution in [-0.4, -0.2) is 22.9 Å². The van der Waals surface area contributed by atoms with Gasteiger partial charge in [0.15, 0.2) is 0 Å². The molecule has 0 radical (unpaired) electrons. The fraction of sp³-hybridized carbons (Fsp3) is 0.824. The van der Waals surface area contributed by atoms with Crippen LogP contribution in [-0.2, 0) is 13.0 Å². The van der Waals surface area contributed by atoms with E-state index >= 15 is 0 Å². The lowest BCUT2D eigenvalue weighted by Gasteiger charge is -2.13. The van der Waals surface area contributed by atoms with Gasteiger partial charge in [0, 0.05) is 12.2 Å². The summed E-state index contributed by atoms with van der Waals surface area (Å²) in [5.74, 6) is 1.40. The van der Waals surface area contributed by atoms with Crippen molar-refractivity contribution in [3.63, 3.8) is 0 Å². The third kappa shape index (κ3) is 5.28. The quantitative estimate of drug-likeness (QED) is 0.698. The van der Waals surface area contributed by atoms with Gasteiger partial charge in [-0.05, 0) is 63.6 Å². The fourth-order valence-corrected chi connectivity index (χ4v) is 2.57. The summed E-state index contributed by atoms with van der Waals surface area (Å²) in [6.07, 6.45) is 3.54. The number of hydrogen-bond acceptors (Lipinski definition) is 2. The van der Waals surface area contributed by atoms with Crippen molar-refractivity contribution in [2.24, 2.45) is 11.8 Å². The maximum absolute atomic E-state index is 4.73. The average molecular weight is 279 g/mol. The zero-order valence-corrected chi connectivity index (χ0v) is 14.3. The van der Waals surface area contributed by atoms with Crippen LogP contribution in [0.15, 0.2) is 0 Å². The van der Waals surface area contributed by atoms with Crippen molar-refractivity contribution in [1.82, 2.24) is 15.1 Å². The highest BCUT2D eigenvalue weighted by molar-refractivity contribution is 5.25. The molecule has 1 heterocycles. The first-order chi connectivity index (χ1) is 9.45. The van der Waals surface area contributed by atoms with Gasteiger partial charge >= 0.3 is 0 Å². The van der Waals surface area contributed by atoms with Crippen molar-refractivity contribution in [3.8, 4) is 0 Å². The summed E-state index contributed by atoms with van der Waals surface area (Å²) in [7, 11) is 0. The Balaban J connectivity index is 2.61. The molecule has 0 bridgehead atoms. The molecule has 1 atom stereocenters. The molecular formula is C17H33N3. The second-order valence-electron chi connectivity index (χ2n) is 6.57. The molecule has 0 spiro atoms.